The van der Waals surface area contributed by atoms with E-state index in [0.29, 0.717) is 17.0 Å². The number of benzene rings is 2. The number of halogens is 1. The average molecular weight is 524 g/mol. The Bertz CT molecular complexity index is 1380. The van der Waals surface area contributed by atoms with Crippen LogP contribution in [0.5, 0.6) is 0 Å². The van der Waals surface area contributed by atoms with E-state index in [4.69, 9.17) is 4.52 Å². The molecule has 4 aromatic rings. The zero-order valence-corrected chi connectivity index (χ0v) is 23.8. The van der Waals surface area contributed by atoms with Crippen LogP contribution in [0.4, 0.5) is 4.39 Å². The van der Waals surface area contributed by atoms with E-state index >= 15 is 4.39 Å². The number of hydrogen-bond donors (Lipinski definition) is 1. The van der Waals surface area contributed by atoms with Gasteiger partial charge < -0.3 is 9.08 Å². The minimum Gasteiger partial charge on any atom is -0.598 e. The first-order valence-electron chi connectivity index (χ1n) is 12.1. The van der Waals surface area contributed by atoms with E-state index in [1.54, 1.807) is 0 Å². The topological polar surface area (TPSA) is 74.0 Å². The standard InChI is InChI=1S/C28H34FN3O2SSi/c1-18-16-25(36(5,6)7)26(29)23(30-18)17-22(32-35(33)28(2,3)4)19-12-8-9-13-20(19)27-21-14-10-11-15-24(21)34-31-27/h8-16,22,32H,17H2,1-7H3/t22?,35-/m0/s1. The molecule has 190 valence electrons. The Hall–Kier alpha value is -2.52. The molecule has 0 aliphatic heterocycles. The maximum absolute atomic E-state index is 15.8. The highest BCUT2D eigenvalue weighted by molar-refractivity contribution is 7.90. The summed E-state index contributed by atoms with van der Waals surface area (Å²) < 4.78 is 37.5. The molecule has 0 saturated heterocycles. The second-order valence-corrected chi connectivity index (χ2v) is 18.2. The summed E-state index contributed by atoms with van der Waals surface area (Å²) in [6.07, 6.45) is 0.250. The van der Waals surface area contributed by atoms with Crippen LogP contribution in [0.2, 0.25) is 19.6 Å². The summed E-state index contributed by atoms with van der Waals surface area (Å²) in [6, 6.07) is 16.9. The maximum atomic E-state index is 15.8. The normalized spacial score (nSPS) is 14.2. The molecule has 5 nitrogen and oxygen atoms in total. The summed E-state index contributed by atoms with van der Waals surface area (Å²) >= 11 is -1.39. The molecule has 0 fully saturated rings. The van der Waals surface area contributed by atoms with E-state index in [1.165, 1.54) is 0 Å². The molecule has 2 aromatic carbocycles. The van der Waals surface area contributed by atoms with Crippen LogP contribution < -0.4 is 9.91 Å². The molecule has 0 amide bonds. The molecular weight excluding hydrogens is 489 g/mol. The average Bonchev–Trinajstić information content (AvgIpc) is 3.23. The highest BCUT2D eigenvalue weighted by atomic mass is 32.2. The van der Waals surface area contributed by atoms with Gasteiger partial charge in [0.1, 0.15) is 16.3 Å². The van der Waals surface area contributed by atoms with Crippen molar-refractivity contribution in [2.24, 2.45) is 0 Å². The fourth-order valence-corrected chi connectivity index (χ4v) is 6.48. The van der Waals surface area contributed by atoms with Crippen molar-refractivity contribution in [1.29, 1.82) is 0 Å². The number of fused-ring (bicyclic) bond motifs is 1. The van der Waals surface area contributed by atoms with Gasteiger partial charge >= 0.3 is 0 Å². The van der Waals surface area contributed by atoms with Crippen LogP contribution in [0.1, 0.15) is 43.8 Å². The predicted molar refractivity (Wildman–Crippen MR) is 149 cm³/mol. The lowest BCUT2D eigenvalue weighted by Gasteiger charge is -2.29. The number of pyridine rings is 1. The van der Waals surface area contributed by atoms with Crippen LogP contribution in [-0.2, 0) is 17.8 Å². The summed E-state index contributed by atoms with van der Waals surface area (Å²) in [5.74, 6) is -0.252. The molecule has 4 rings (SSSR count). The maximum Gasteiger partial charge on any atom is 0.167 e. The highest BCUT2D eigenvalue weighted by Gasteiger charge is 2.33. The number of rotatable bonds is 7. The third-order valence-electron chi connectivity index (χ3n) is 6.13. The number of aryl methyl sites for hydroxylation is 1. The van der Waals surface area contributed by atoms with Crippen molar-refractivity contribution < 1.29 is 13.5 Å². The van der Waals surface area contributed by atoms with Crippen LogP contribution in [0.25, 0.3) is 22.2 Å². The van der Waals surface area contributed by atoms with Gasteiger partial charge in [-0.2, -0.15) is 0 Å². The van der Waals surface area contributed by atoms with Gasteiger partial charge in [0.25, 0.3) is 0 Å². The molecule has 0 spiro atoms. The van der Waals surface area contributed by atoms with Crippen LogP contribution in [-0.4, -0.2) is 27.5 Å². The van der Waals surface area contributed by atoms with Crippen LogP contribution >= 0.6 is 0 Å². The molecule has 0 radical (unpaired) electrons. The lowest BCUT2D eigenvalue weighted by atomic mass is 9.94. The van der Waals surface area contributed by atoms with Gasteiger partial charge in [-0.25, -0.2) is 4.39 Å². The van der Waals surface area contributed by atoms with Crippen LogP contribution in [0, 0.1) is 12.7 Å². The van der Waals surface area contributed by atoms with Crippen molar-refractivity contribution >= 4 is 35.6 Å². The lowest BCUT2D eigenvalue weighted by molar-refractivity contribution is 0.459. The molecule has 0 aliphatic rings. The Morgan fingerprint density at radius 2 is 1.75 bits per heavy atom. The molecule has 2 heterocycles. The molecule has 1 N–H and O–H groups in total. The number of nitrogens with zero attached hydrogens (tertiary/aromatic N) is 2. The summed E-state index contributed by atoms with van der Waals surface area (Å²) in [4.78, 5) is 4.60. The molecule has 1 unspecified atom stereocenters. The Balaban J connectivity index is 1.85. The monoisotopic (exact) mass is 523 g/mol. The Morgan fingerprint density at radius 3 is 2.44 bits per heavy atom. The van der Waals surface area contributed by atoms with E-state index < -0.39 is 30.2 Å². The van der Waals surface area contributed by atoms with E-state index in [-0.39, 0.29) is 12.2 Å². The van der Waals surface area contributed by atoms with Gasteiger partial charge in [0.05, 0.1) is 19.8 Å². The van der Waals surface area contributed by atoms with Gasteiger partial charge in [-0.3, -0.25) is 4.98 Å². The first-order valence-corrected chi connectivity index (χ1v) is 16.8. The number of para-hydroxylation sites is 1. The van der Waals surface area contributed by atoms with Crippen molar-refractivity contribution in [2.45, 2.75) is 64.5 Å². The Kier molecular flexibility index (Phi) is 7.44. The molecule has 0 bridgehead atoms. The summed E-state index contributed by atoms with van der Waals surface area (Å²) in [5, 5.41) is 6.01. The number of aromatic nitrogens is 2. The van der Waals surface area contributed by atoms with Gasteiger partial charge in [-0.05, 0) is 56.6 Å². The van der Waals surface area contributed by atoms with Crippen molar-refractivity contribution in [3.63, 3.8) is 0 Å². The quantitative estimate of drug-likeness (QED) is 0.230. The van der Waals surface area contributed by atoms with Crippen LogP contribution in [0.3, 0.4) is 0 Å². The third-order valence-corrected chi connectivity index (χ3v) is 9.72. The molecule has 8 heteroatoms. The van der Waals surface area contributed by atoms with Crippen molar-refractivity contribution in [2.75, 3.05) is 0 Å². The van der Waals surface area contributed by atoms with E-state index in [0.717, 1.165) is 27.4 Å². The SMILES string of the molecule is Cc1cc([Si](C)(C)C)c(F)c(CC(N[S@@+]([O-])C(C)(C)C)c2ccccc2-c2noc3ccccc23)n1. The second-order valence-electron chi connectivity index (χ2n) is 11.2. The minimum absolute atomic E-state index is 0.250. The third kappa shape index (κ3) is 5.57. The van der Waals surface area contributed by atoms with Gasteiger partial charge in [0.2, 0.25) is 0 Å². The van der Waals surface area contributed by atoms with Gasteiger partial charge in [-0.15, -0.1) is 4.72 Å². The first kappa shape index (κ1) is 26.5. The molecular formula is C28H34FN3O2SSi. The molecule has 0 saturated carbocycles. The summed E-state index contributed by atoms with van der Waals surface area (Å²) in [6.45, 7) is 14.0. The van der Waals surface area contributed by atoms with E-state index in [9.17, 15) is 4.55 Å². The van der Waals surface area contributed by atoms with Crippen molar-refractivity contribution in [3.8, 4) is 11.3 Å². The molecule has 2 atom stereocenters. The fourth-order valence-electron chi connectivity index (χ4n) is 4.21. The second kappa shape index (κ2) is 10.1. The van der Waals surface area contributed by atoms with E-state index in [1.807, 2.05) is 82.3 Å². The van der Waals surface area contributed by atoms with Gasteiger partial charge in [-0.1, -0.05) is 61.2 Å². The smallest absolute Gasteiger partial charge is 0.167 e. The Morgan fingerprint density at radius 1 is 1.08 bits per heavy atom. The highest BCUT2D eigenvalue weighted by Crippen LogP contribution is 2.35. The first-order chi connectivity index (χ1) is 16.9. The van der Waals surface area contributed by atoms with Crippen molar-refractivity contribution in [3.05, 3.63) is 77.4 Å². The zero-order chi connectivity index (χ0) is 26.3. The van der Waals surface area contributed by atoms with Gasteiger partial charge in [0, 0.05) is 34.4 Å². The fraction of sp³-hybridized carbons (Fsp3) is 0.357. The van der Waals surface area contributed by atoms with E-state index in [2.05, 4.69) is 34.5 Å². The summed E-state index contributed by atoms with van der Waals surface area (Å²) in [5.41, 5.74) is 4.29. The minimum atomic E-state index is -1.94. The molecule has 0 aliphatic carbocycles. The zero-order valence-electron chi connectivity index (χ0n) is 22.0. The number of nitrogens with one attached hydrogen (secondary N) is 1. The Labute approximate surface area is 216 Å². The number of hydrogen-bond acceptors (Lipinski definition) is 5. The lowest BCUT2D eigenvalue weighted by Crippen LogP contribution is -2.43. The van der Waals surface area contributed by atoms with Crippen molar-refractivity contribution in [1.82, 2.24) is 14.9 Å². The molecule has 36 heavy (non-hydrogen) atoms. The summed E-state index contributed by atoms with van der Waals surface area (Å²) in [7, 11) is -1.94. The molecule has 2 aromatic heterocycles. The van der Waals surface area contributed by atoms with Crippen LogP contribution in [0.15, 0.2) is 59.1 Å². The largest absolute Gasteiger partial charge is 0.598 e. The van der Waals surface area contributed by atoms with Gasteiger partial charge in [0.15, 0.2) is 5.58 Å². The predicted octanol–water partition coefficient (Wildman–Crippen LogP) is 6.22.